The van der Waals surface area contributed by atoms with Gasteiger partial charge in [-0.25, -0.2) is 0 Å². The van der Waals surface area contributed by atoms with Crippen molar-refractivity contribution in [3.8, 4) is 0 Å². The molecule has 0 bridgehead atoms. The van der Waals surface area contributed by atoms with E-state index in [9.17, 15) is 0 Å². The van der Waals surface area contributed by atoms with Crippen LogP contribution in [0.3, 0.4) is 0 Å². The minimum absolute atomic E-state index is 0.115. The van der Waals surface area contributed by atoms with Gasteiger partial charge in [0, 0.05) is 45.0 Å². The standard InChI is InChI=1S/C22H35N5O/c1-6-20-19(21(7-2)27(5)26-20)16-25-22(23-4)24-14-11-15-28-17(3)18-12-9-8-10-13-18/h8-10,12-13,17H,6-7,11,14-16H2,1-5H3,(H2,23,24,25). The third-order valence-electron chi connectivity index (χ3n) is 4.93. The molecule has 0 spiro atoms. The number of nitrogens with one attached hydrogen (secondary N) is 2. The Morgan fingerprint density at radius 2 is 1.93 bits per heavy atom. The van der Waals surface area contributed by atoms with Gasteiger partial charge in [0.15, 0.2) is 5.96 Å². The highest BCUT2D eigenvalue weighted by atomic mass is 16.5. The number of guanidine groups is 1. The Labute approximate surface area is 169 Å². The molecule has 0 saturated heterocycles. The van der Waals surface area contributed by atoms with Gasteiger partial charge in [-0.1, -0.05) is 44.2 Å². The number of nitrogens with zero attached hydrogens (tertiary/aromatic N) is 3. The van der Waals surface area contributed by atoms with Crippen LogP contribution in [0.4, 0.5) is 0 Å². The minimum atomic E-state index is 0.115. The van der Waals surface area contributed by atoms with E-state index in [-0.39, 0.29) is 6.10 Å². The Morgan fingerprint density at radius 1 is 1.18 bits per heavy atom. The molecule has 2 N–H and O–H groups in total. The molecule has 0 aliphatic rings. The van der Waals surface area contributed by atoms with Crippen molar-refractivity contribution in [2.45, 2.75) is 52.7 Å². The van der Waals surface area contributed by atoms with Crippen LogP contribution in [0.2, 0.25) is 0 Å². The van der Waals surface area contributed by atoms with Crippen molar-refractivity contribution in [2.24, 2.45) is 12.0 Å². The highest BCUT2D eigenvalue weighted by Gasteiger charge is 2.13. The largest absolute Gasteiger partial charge is 0.374 e. The smallest absolute Gasteiger partial charge is 0.191 e. The highest BCUT2D eigenvalue weighted by molar-refractivity contribution is 5.79. The van der Waals surface area contributed by atoms with Crippen molar-refractivity contribution in [3.05, 3.63) is 52.8 Å². The number of aromatic nitrogens is 2. The number of hydrogen-bond acceptors (Lipinski definition) is 3. The summed E-state index contributed by atoms with van der Waals surface area (Å²) in [5.41, 5.74) is 4.94. The predicted octanol–water partition coefficient (Wildman–Crippen LogP) is 3.38. The zero-order chi connectivity index (χ0) is 20.4. The van der Waals surface area contributed by atoms with Gasteiger partial charge in [0.1, 0.15) is 0 Å². The summed E-state index contributed by atoms with van der Waals surface area (Å²) in [7, 11) is 3.82. The molecule has 1 unspecified atom stereocenters. The average Bonchev–Trinajstić information content (AvgIpc) is 3.04. The number of hydrogen-bond donors (Lipinski definition) is 2. The Morgan fingerprint density at radius 3 is 2.57 bits per heavy atom. The zero-order valence-corrected chi connectivity index (χ0v) is 18.0. The van der Waals surface area contributed by atoms with E-state index in [1.54, 1.807) is 7.05 Å². The van der Waals surface area contributed by atoms with Crippen molar-refractivity contribution in [1.82, 2.24) is 20.4 Å². The molecule has 2 aromatic rings. The van der Waals surface area contributed by atoms with Gasteiger partial charge in [-0.15, -0.1) is 0 Å². The molecular formula is C22H35N5O. The van der Waals surface area contributed by atoms with E-state index in [1.807, 2.05) is 29.9 Å². The average molecular weight is 386 g/mol. The summed E-state index contributed by atoms with van der Waals surface area (Å²) in [4.78, 5) is 4.33. The van der Waals surface area contributed by atoms with Gasteiger partial charge in [-0.3, -0.25) is 9.67 Å². The van der Waals surface area contributed by atoms with Crippen molar-refractivity contribution in [1.29, 1.82) is 0 Å². The Hall–Kier alpha value is -2.34. The van der Waals surface area contributed by atoms with Crippen LogP contribution in [-0.4, -0.2) is 35.9 Å². The lowest BCUT2D eigenvalue weighted by atomic mass is 10.1. The Balaban J connectivity index is 1.74. The molecule has 1 heterocycles. The molecule has 6 heteroatoms. The monoisotopic (exact) mass is 385 g/mol. The van der Waals surface area contributed by atoms with E-state index in [0.717, 1.165) is 44.0 Å². The minimum Gasteiger partial charge on any atom is -0.374 e. The highest BCUT2D eigenvalue weighted by Crippen LogP contribution is 2.16. The Bertz CT molecular complexity index is 739. The number of aryl methyl sites for hydroxylation is 2. The van der Waals surface area contributed by atoms with E-state index in [1.165, 1.54) is 16.8 Å². The first-order chi connectivity index (χ1) is 13.6. The molecule has 6 nitrogen and oxygen atoms in total. The molecule has 0 amide bonds. The molecule has 0 aliphatic heterocycles. The fraction of sp³-hybridized carbons (Fsp3) is 0.545. The second-order valence-electron chi connectivity index (χ2n) is 6.83. The fourth-order valence-corrected chi connectivity index (χ4v) is 3.35. The van der Waals surface area contributed by atoms with Crippen molar-refractivity contribution >= 4 is 5.96 Å². The van der Waals surface area contributed by atoms with Crippen LogP contribution in [0.1, 0.15) is 55.8 Å². The quantitative estimate of drug-likeness (QED) is 0.374. The molecule has 1 aromatic carbocycles. The van der Waals surface area contributed by atoms with Crippen LogP contribution in [-0.2, 0) is 31.2 Å². The molecule has 0 radical (unpaired) electrons. The van der Waals surface area contributed by atoms with E-state index in [4.69, 9.17) is 4.74 Å². The maximum Gasteiger partial charge on any atom is 0.191 e. The van der Waals surface area contributed by atoms with Crippen LogP contribution < -0.4 is 10.6 Å². The topological polar surface area (TPSA) is 63.5 Å². The van der Waals surface area contributed by atoms with Gasteiger partial charge in [0.2, 0.25) is 0 Å². The first kappa shape index (κ1) is 22.0. The van der Waals surface area contributed by atoms with Gasteiger partial charge < -0.3 is 15.4 Å². The third-order valence-corrected chi connectivity index (χ3v) is 4.93. The van der Waals surface area contributed by atoms with E-state index >= 15 is 0 Å². The molecule has 1 aromatic heterocycles. The maximum atomic E-state index is 5.92. The third kappa shape index (κ3) is 6.09. The zero-order valence-electron chi connectivity index (χ0n) is 18.0. The SMILES string of the molecule is CCc1nn(C)c(CC)c1CNC(=NC)NCCCOC(C)c1ccccc1. The molecule has 0 saturated carbocycles. The molecule has 0 aliphatic carbocycles. The summed E-state index contributed by atoms with van der Waals surface area (Å²) < 4.78 is 7.92. The molecule has 0 fully saturated rings. The Kier molecular flexibility index (Phi) is 9.01. The lowest BCUT2D eigenvalue weighted by Gasteiger charge is -2.15. The van der Waals surface area contributed by atoms with Crippen LogP contribution in [0, 0.1) is 0 Å². The second-order valence-corrected chi connectivity index (χ2v) is 6.83. The summed E-state index contributed by atoms with van der Waals surface area (Å²) in [6.45, 7) is 8.67. The first-order valence-electron chi connectivity index (χ1n) is 10.2. The summed E-state index contributed by atoms with van der Waals surface area (Å²) in [5.74, 6) is 0.809. The van der Waals surface area contributed by atoms with Crippen molar-refractivity contribution in [2.75, 3.05) is 20.2 Å². The number of ether oxygens (including phenoxy) is 1. The summed E-state index contributed by atoms with van der Waals surface area (Å²) in [6, 6.07) is 10.3. The molecule has 154 valence electrons. The van der Waals surface area contributed by atoms with E-state index < -0.39 is 0 Å². The maximum absolute atomic E-state index is 5.92. The summed E-state index contributed by atoms with van der Waals surface area (Å²) >= 11 is 0. The summed E-state index contributed by atoms with van der Waals surface area (Å²) in [5, 5.41) is 11.4. The number of rotatable bonds is 10. The number of aliphatic imine (C=N–C) groups is 1. The molecule has 2 rings (SSSR count). The van der Waals surface area contributed by atoms with Gasteiger partial charge in [0.25, 0.3) is 0 Å². The summed E-state index contributed by atoms with van der Waals surface area (Å²) in [6.07, 6.45) is 2.95. The normalized spacial score (nSPS) is 12.8. The van der Waals surface area contributed by atoms with Crippen molar-refractivity contribution in [3.63, 3.8) is 0 Å². The van der Waals surface area contributed by atoms with Gasteiger partial charge in [-0.2, -0.15) is 5.10 Å². The predicted molar refractivity (Wildman–Crippen MR) is 116 cm³/mol. The van der Waals surface area contributed by atoms with Crippen LogP contribution in [0.15, 0.2) is 35.3 Å². The van der Waals surface area contributed by atoms with E-state index in [2.05, 4.69) is 53.6 Å². The second kappa shape index (κ2) is 11.5. The van der Waals surface area contributed by atoms with Gasteiger partial charge >= 0.3 is 0 Å². The lowest BCUT2D eigenvalue weighted by Crippen LogP contribution is -2.37. The lowest BCUT2D eigenvalue weighted by molar-refractivity contribution is 0.0646. The van der Waals surface area contributed by atoms with Crippen molar-refractivity contribution < 1.29 is 4.74 Å². The molecule has 1 atom stereocenters. The van der Waals surface area contributed by atoms with Crippen LogP contribution >= 0.6 is 0 Å². The van der Waals surface area contributed by atoms with Crippen LogP contribution in [0.5, 0.6) is 0 Å². The number of benzene rings is 1. The first-order valence-corrected chi connectivity index (χ1v) is 10.2. The van der Waals surface area contributed by atoms with Gasteiger partial charge in [0.05, 0.1) is 11.8 Å². The van der Waals surface area contributed by atoms with E-state index in [0.29, 0.717) is 6.61 Å². The van der Waals surface area contributed by atoms with Gasteiger partial charge in [-0.05, 0) is 31.7 Å². The molecule has 28 heavy (non-hydrogen) atoms. The molecular weight excluding hydrogens is 350 g/mol. The van der Waals surface area contributed by atoms with Crippen LogP contribution in [0.25, 0.3) is 0 Å². The fourth-order valence-electron chi connectivity index (χ4n) is 3.35.